The lowest BCUT2D eigenvalue weighted by Crippen LogP contribution is -2.33. The Morgan fingerprint density at radius 3 is 3.20 bits per heavy atom. The van der Waals surface area contributed by atoms with Crippen LogP contribution in [0.25, 0.3) is 0 Å². The van der Waals surface area contributed by atoms with E-state index < -0.39 is 0 Å². The van der Waals surface area contributed by atoms with Crippen molar-refractivity contribution in [2.45, 2.75) is 17.9 Å². The number of rotatable bonds is 2. The fourth-order valence-corrected chi connectivity index (χ4v) is 2.38. The molecule has 1 aliphatic rings. The zero-order valence-electron chi connectivity index (χ0n) is 8.53. The van der Waals surface area contributed by atoms with Crippen LogP contribution in [0, 0.1) is 5.41 Å². The van der Waals surface area contributed by atoms with Gasteiger partial charge in [0.2, 0.25) is 5.90 Å². The molecule has 0 aromatic heterocycles. The van der Waals surface area contributed by atoms with Gasteiger partial charge in [0.1, 0.15) is 5.75 Å². The number of thioether (sulfide) groups is 1. The lowest BCUT2D eigenvalue weighted by Gasteiger charge is -2.25. The van der Waals surface area contributed by atoms with Gasteiger partial charge in [-0.25, -0.2) is 0 Å². The molecular formula is C11H13NO2S. The number of para-hydroxylation sites is 1. The van der Waals surface area contributed by atoms with Crippen LogP contribution in [-0.2, 0) is 4.74 Å². The van der Waals surface area contributed by atoms with E-state index in [9.17, 15) is 0 Å². The molecule has 0 amide bonds. The fraction of sp³-hybridized carbons (Fsp3) is 0.364. The van der Waals surface area contributed by atoms with Crippen molar-refractivity contribution < 1.29 is 9.47 Å². The fourth-order valence-electron chi connectivity index (χ4n) is 1.40. The predicted octanol–water partition coefficient (Wildman–Crippen LogP) is 2.55. The van der Waals surface area contributed by atoms with Crippen molar-refractivity contribution in [3.8, 4) is 5.75 Å². The molecular weight excluding hydrogens is 210 g/mol. The monoisotopic (exact) mass is 223 g/mol. The van der Waals surface area contributed by atoms with E-state index in [-0.39, 0.29) is 12.0 Å². The second-order valence-electron chi connectivity index (χ2n) is 3.16. The Morgan fingerprint density at radius 1 is 1.60 bits per heavy atom. The van der Waals surface area contributed by atoms with Crippen LogP contribution in [0.3, 0.4) is 0 Å². The van der Waals surface area contributed by atoms with E-state index in [0.717, 1.165) is 16.4 Å². The van der Waals surface area contributed by atoms with Gasteiger partial charge < -0.3 is 9.47 Å². The first kappa shape index (κ1) is 10.4. The Bertz CT molecular complexity index is 367. The molecule has 1 aromatic rings. The van der Waals surface area contributed by atoms with Crippen molar-refractivity contribution in [2.75, 3.05) is 12.4 Å². The summed E-state index contributed by atoms with van der Waals surface area (Å²) in [4.78, 5) is 1.14. The molecule has 1 N–H and O–H groups in total. The van der Waals surface area contributed by atoms with Crippen LogP contribution in [0.4, 0.5) is 0 Å². The zero-order chi connectivity index (χ0) is 10.7. The van der Waals surface area contributed by atoms with E-state index in [0.29, 0.717) is 6.61 Å². The smallest absolute Gasteiger partial charge is 0.223 e. The first-order chi connectivity index (χ1) is 7.31. The van der Waals surface area contributed by atoms with Gasteiger partial charge in [-0.2, -0.15) is 0 Å². The summed E-state index contributed by atoms with van der Waals surface area (Å²) in [7, 11) is 0. The molecule has 0 bridgehead atoms. The number of benzene rings is 1. The standard InChI is InChI=1S/C11H13NO2S/c1-2-13-11(12)9-7-15-10-6-4-3-5-8(10)14-9/h3-6,9,12H,2,7H2,1H3. The molecule has 1 atom stereocenters. The van der Waals surface area contributed by atoms with Crippen molar-refractivity contribution in [2.24, 2.45) is 0 Å². The number of ether oxygens (including phenoxy) is 2. The zero-order valence-corrected chi connectivity index (χ0v) is 9.34. The van der Waals surface area contributed by atoms with E-state index in [2.05, 4.69) is 0 Å². The second-order valence-corrected chi connectivity index (χ2v) is 4.22. The summed E-state index contributed by atoms with van der Waals surface area (Å²) < 4.78 is 10.8. The number of hydrogen-bond acceptors (Lipinski definition) is 4. The Morgan fingerprint density at radius 2 is 2.40 bits per heavy atom. The van der Waals surface area contributed by atoms with Crippen LogP contribution >= 0.6 is 11.8 Å². The van der Waals surface area contributed by atoms with Gasteiger partial charge in [-0.15, -0.1) is 11.8 Å². The van der Waals surface area contributed by atoms with Gasteiger partial charge in [0.25, 0.3) is 0 Å². The van der Waals surface area contributed by atoms with E-state index in [4.69, 9.17) is 14.9 Å². The largest absolute Gasteiger partial charge is 0.479 e. The molecule has 1 unspecified atom stereocenters. The summed E-state index contributed by atoms with van der Waals surface area (Å²) in [6, 6.07) is 7.88. The first-order valence-electron chi connectivity index (χ1n) is 4.91. The summed E-state index contributed by atoms with van der Waals surface area (Å²) in [5, 5.41) is 7.66. The molecule has 15 heavy (non-hydrogen) atoms. The minimum Gasteiger partial charge on any atom is -0.479 e. The number of nitrogens with one attached hydrogen (secondary N) is 1. The molecule has 0 saturated carbocycles. The number of hydrogen-bond donors (Lipinski definition) is 1. The summed E-state index contributed by atoms with van der Waals surface area (Å²) in [5.74, 6) is 1.82. The van der Waals surface area contributed by atoms with Gasteiger partial charge in [-0.3, -0.25) is 5.41 Å². The highest BCUT2D eigenvalue weighted by Crippen LogP contribution is 2.35. The van der Waals surface area contributed by atoms with Crippen molar-refractivity contribution in [3.05, 3.63) is 24.3 Å². The third-order valence-corrected chi connectivity index (χ3v) is 3.22. The molecule has 3 nitrogen and oxygen atoms in total. The highest BCUT2D eigenvalue weighted by Gasteiger charge is 2.24. The first-order valence-corrected chi connectivity index (χ1v) is 5.89. The van der Waals surface area contributed by atoms with E-state index in [1.54, 1.807) is 11.8 Å². The highest BCUT2D eigenvalue weighted by molar-refractivity contribution is 7.99. The molecule has 1 heterocycles. The maximum absolute atomic E-state index is 7.66. The Kier molecular flexibility index (Phi) is 3.16. The SMILES string of the molecule is CCOC(=N)C1CSc2ccccc2O1. The maximum Gasteiger partial charge on any atom is 0.223 e. The van der Waals surface area contributed by atoms with Crippen LogP contribution in [0.5, 0.6) is 5.75 Å². The highest BCUT2D eigenvalue weighted by atomic mass is 32.2. The van der Waals surface area contributed by atoms with Crippen molar-refractivity contribution in [1.82, 2.24) is 0 Å². The van der Waals surface area contributed by atoms with E-state index in [1.165, 1.54) is 0 Å². The minimum absolute atomic E-state index is 0.222. The lowest BCUT2D eigenvalue weighted by atomic mass is 10.3. The van der Waals surface area contributed by atoms with Gasteiger partial charge in [0.15, 0.2) is 6.10 Å². The van der Waals surface area contributed by atoms with E-state index in [1.807, 2.05) is 31.2 Å². The van der Waals surface area contributed by atoms with Gasteiger partial charge >= 0.3 is 0 Å². The molecule has 4 heteroatoms. The van der Waals surface area contributed by atoms with Gasteiger partial charge in [0.05, 0.1) is 6.61 Å². The Hall–Kier alpha value is -1.16. The van der Waals surface area contributed by atoms with Crippen LogP contribution in [-0.4, -0.2) is 24.4 Å². The van der Waals surface area contributed by atoms with E-state index >= 15 is 0 Å². The van der Waals surface area contributed by atoms with Crippen molar-refractivity contribution in [1.29, 1.82) is 5.41 Å². The summed E-state index contributed by atoms with van der Waals surface area (Å²) in [6.45, 7) is 2.39. The maximum atomic E-state index is 7.66. The van der Waals surface area contributed by atoms with Gasteiger partial charge in [0, 0.05) is 10.6 Å². The van der Waals surface area contributed by atoms with Gasteiger partial charge in [-0.05, 0) is 19.1 Å². The summed E-state index contributed by atoms with van der Waals surface area (Å²) >= 11 is 1.71. The topological polar surface area (TPSA) is 42.3 Å². The second kappa shape index (κ2) is 4.57. The van der Waals surface area contributed by atoms with Crippen LogP contribution < -0.4 is 4.74 Å². The summed E-state index contributed by atoms with van der Waals surface area (Å²) in [6.07, 6.45) is -0.246. The molecule has 0 radical (unpaired) electrons. The quantitative estimate of drug-likeness (QED) is 0.619. The van der Waals surface area contributed by atoms with Gasteiger partial charge in [-0.1, -0.05) is 12.1 Å². The minimum atomic E-state index is -0.246. The molecule has 2 rings (SSSR count). The third-order valence-electron chi connectivity index (χ3n) is 2.10. The molecule has 0 spiro atoms. The molecule has 1 aliphatic heterocycles. The average Bonchev–Trinajstić information content (AvgIpc) is 2.29. The third kappa shape index (κ3) is 2.26. The normalized spacial score (nSPS) is 18.9. The van der Waals surface area contributed by atoms with Crippen LogP contribution in [0.1, 0.15) is 6.92 Å². The van der Waals surface area contributed by atoms with Crippen LogP contribution in [0.2, 0.25) is 0 Å². The van der Waals surface area contributed by atoms with Crippen LogP contribution in [0.15, 0.2) is 29.2 Å². The molecule has 1 aromatic carbocycles. The predicted molar refractivity (Wildman–Crippen MR) is 60.9 cm³/mol. The molecule has 0 saturated heterocycles. The number of fused-ring (bicyclic) bond motifs is 1. The average molecular weight is 223 g/mol. The Balaban J connectivity index is 2.08. The summed E-state index contributed by atoms with van der Waals surface area (Å²) in [5.41, 5.74) is 0. The molecule has 0 aliphatic carbocycles. The lowest BCUT2D eigenvalue weighted by molar-refractivity contribution is 0.216. The van der Waals surface area contributed by atoms with Crippen molar-refractivity contribution >= 4 is 17.7 Å². The molecule has 0 fully saturated rings. The molecule has 80 valence electrons. The van der Waals surface area contributed by atoms with Crippen molar-refractivity contribution in [3.63, 3.8) is 0 Å². The Labute approximate surface area is 93.3 Å².